The number of aliphatic hydroxyl groups excluding tert-OH is 1. The third kappa shape index (κ3) is 5.46. The molecule has 168 valence electrons. The van der Waals surface area contributed by atoms with Crippen LogP contribution < -0.4 is 4.74 Å². The van der Waals surface area contributed by atoms with E-state index in [-0.39, 0.29) is 18.4 Å². The van der Waals surface area contributed by atoms with Crippen LogP contribution in [0.4, 0.5) is 0 Å². The molecule has 0 unspecified atom stereocenters. The van der Waals surface area contributed by atoms with Crippen LogP contribution in [-0.4, -0.2) is 10.1 Å². The van der Waals surface area contributed by atoms with Gasteiger partial charge in [0.15, 0.2) is 0 Å². The van der Waals surface area contributed by atoms with Gasteiger partial charge < -0.3 is 9.84 Å². The van der Waals surface area contributed by atoms with Crippen LogP contribution in [0.3, 0.4) is 0 Å². The van der Waals surface area contributed by atoms with E-state index in [0.29, 0.717) is 0 Å². The predicted molar refractivity (Wildman–Crippen MR) is 134 cm³/mol. The lowest BCUT2D eigenvalue weighted by molar-refractivity contribution is 0.280. The Morgan fingerprint density at radius 2 is 1.59 bits per heavy atom. The zero-order valence-corrected chi connectivity index (χ0v) is 19.9. The normalized spacial score (nSPS) is 11.6. The Bertz CT molecular complexity index is 1050. The molecule has 0 bridgehead atoms. The van der Waals surface area contributed by atoms with Gasteiger partial charge in [-0.05, 0) is 53.6 Å². The molecular formula is C29H35NO2. The molecule has 0 aliphatic carbocycles. The molecule has 3 nitrogen and oxygen atoms in total. The molecule has 0 aliphatic rings. The van der Waals surface area contributed by atoms with Gasteiger partial charge in [-0.2, -0.15) is 0 Å². The summed E-state index contributed by atoms with van der Waals surface area (Å²) in [5.41, 5.74) is 6.12. The fourth-order valence-electron chi connectivity index (χ4n) is 3.96. The van der Waals surface area contributed by atoms with Crippen molar-refractivity contribution in [1.82, 2.24) is 4.98 Å². The van der Waals surface area contributed by atoms with E-state index in [0.717, 1.165) is 58.0 Å². The number of hydrogen-bond acceptors (Lipinski definition) is 3. The van der Waals surface area contributed by atoms with E-state index in [4.69, 9.17) is 9.72 Å². The van der Waals surface area contributed by atoms with Crippen molar-refractivity contribution in [3.8, 4) is 22.6 Å². The summed E-state index contributed by atoms with van der Waals surface area (Å²) in [5, 5.41) is 10.4. The Morgan fingerprint density at radius 1 is 0.906 bits per heavy atom. The van der Waals surface area contributed by atoms with Crippen molar-refractivity contribution >= 4 is 6.08 Å². The second-order valence-electron chi connectivity index (χ2n) is 8.75. The van der Waals surface area contributed by atoms with Crippen LogP contribution in [0.2, 0.25) is 0 Å². The smallest absolute Gasteiger partial charge is 0.128 e. The Balaban J connectivity index is 2.24. The summed E-state index contributed by atoms with van der Waals surface area (Å²) in [5.74, 6) is 2.06. The third-order valence-electron chi connectivity index (χ3n) is 5.49. The minimum atomic E-state index is -0.0490. The lowest BCUT2D eigenvalue weighted by atomic mass is 9.87. The number of benzene rings is 2. The fourth-order valence-corrected chi connectivity index (χ4v) is 3.96. The molecule has 0 aliphatic heterocycles. The second kappa shape index (κ2) is 11.1. The summed E-state index contributed by atoms with van der Waals surface area (Å²) < 4.78 is 6.11. The van der Waals surface area contributed by atoms with Crippen molar-refractivity contribution in [3.63, 3.8) is 0 Å². The number of aromatic nitrogens is 1. The van der Waals surface area contributed by atoms with E-state index in [2.05, 4.69) is 58.9 Å². The molecule has 1 heterocycles. The monoisotopic (exact) mass is 429 g/mol. The molecule has 0 saturated heterocycles. The van der Waals surface area contributed by atoms with Crippen LogP contribution in [0.15, 0.2) is 60.7 Å². The lowest BCUT2D eigenvalue weighted by Gasteiger charge is -2.23. The van der Waals surface area contributed by atoms with Crippen LogP contribution in [0.25, 0.3) is 17.2 Å². The standard InChI is InChI=1S/C29H35NO2/c1-6-7-9-17-25-27(26(19-31)29(21(4)5)30-28(25)20(2)3)22-13-12-16-24(18-22)32-23-14-10-8-11-15-23/h8-18,20-21,31H,6-7,19H2,1-5H3. The summed E-state index contributed by atoms with van der Waals surface area (Å²) >= 11 is 0. The van der Waals surface area contributed by atoms with Gasteiger partial charge in [0.05, 0.1) is 12.3 Å². The van der Waals surface area contributed by atoms with Gasteiger partial charge in [-0.1, -0.05) is 83.5 Å². The van der Waals surface area contributed by atoms with Crippen molar-refractivity contribution in [2.24, 2.45) is 0 Å². The van der Waals surface area contributed by atoms with E-state index in [1.54, 1.807) is 0 Å². The topological polar surface area (TPSA) is 42.4 Å². The van der Waals surface area contributed by atoms with Gasteiger partial charge in [-0.3, -0.25) is 4.98 Å². The minimum Gasteiger partial charge on any atom is -0.457 e. The van der Waals surface area contributed by atoms with E-state index in [1.807, 2.05) is 42.5 Å². The molecule has 3 rings (SSSR count). The molecule has 2 aromatic carbocycles. The summed E-state index contributed by atoms with van der Waals surface area (Å²) in [4.78, 5) is 5.06. The number of nitrogens with zero attached hydrogens (tertiary/aromatic N) is 1. The summed E-state index contributed by atoms with van der Waals surface area (Å²) in [7, 11) is 0. The number of aliphatic hydroxyl groups is 1. The van der Waals surface area contributed by atoms with Gasteiger partial charge in [0.1, 0.15) is 11.5 Å². The highest BCUT2D eigenvalue weighted by molar-refractivity contribution is 5.81. The Kier molecular flexibility index (Phi) is 8.24. The zero-order valence-electron chi connectivity index (χ0n) is 19.9. The molecule has 0 radical (unpaired) electrons. The zero-order chi connectivity index (χ0) is 23.1. The first kappa shape index (κ1) is 23.7. The molecule has 0 saturated carbocycles. The molecule has 0 spiro atoms. The van der Waals surface area contributed by atoms with Crippen LogP contribution in [0.5, 0.6) is 11.5 Å². The second-order valence-corrected chi connectivity index (χ2v) is 8.75. The average molecular weight is 430 g/mol. The maximum Gasteiger partial charge on any atom is 0.128 e. The van der Waals surface area contributed by atoms with Crippen LogP contribution >= 0.6 is 0 Å². The van der Waals surface area contributed by atoms with Gasteiger partial charge in [-0.15, -0.1) is 0 Å². The van der Waals surface area contributed by atoms with Crippen molar-refractivity contribution in [1.29, 1.82) is 0 Å². The van der Waals surface area contributed by atoms with E-state index >= 15 is 0 Å². The maximum absolute atomic E-state index is 10.4. The number of pyridine rings is 1. The number of para-hydroxylation sites is 1. The molecule has 0 fully saturated rings. The van der Waals surface area contributed by atoms with Crippen molar-refractivity contribution in [3.05, 3.63) is 83.2 Å². The Hall–Kier alpha value is -2.91. The molecule has 1 N–H and O–H groups in total. The average Bonchev–Trinajstić information content (AvgIpc) is 2.79. The van der Waals surface area contributed by atoms with Gasteiger partial charge >= 0.3 is 0 Å². The van der Waals surface area contributed by atoms with Crippen molar-refractivity contribution in [2.45, 2.75) is 65.9 Å². The first-order chi connectivity index (χ1) is 15.5. The van der Waals surface area contributed by atoms with E-state index in [1.165, 1.54) is 0 Å². The molecule has 3 heteroatoms. The van der Waals surface area contributed by atoms with E-state index in [9.17, 15) is 5.11 Å². The first-order valence-electron chi connectivity index (χ1n) is 11.6. The minimum absolute atomic E-state index is 0.0490. The van der Waals surface area contributed by atoms with Crippen LogP contribution in [0, 0.1) is 0 Å². The fraction of sp³-hybridized carbons (Fsp3) is 0.345. The van der Waals surface area contributed by atoms with Crippen molar-refractivity contribution < 1.29 is 9.84 Å². The number of ether oxygens (including phenoxy) is 1. The highest BCUT2D eigenvalue weighted by Gasteiger charge is 2.22. The SMILES string of the molecule is CCCC=Cc1c(C(C)C)nc(C(C)C)c(CO)c1-c1cccc(Oc2ccccc2)c1. The van der Waals surface area contributed by atoms with E-state index < -0.39 is 0 Å². The Labute approximate surface area is 192 Å². The molecule has 0 atom stereocenters. The quantitative estimate of drug-likeness (QED) is 0.374. The van der Waals surface area contributed by atoms with Crippen molar-refractivity contribution in [2.75, 3.05) is 0 Å². The van der Waals surface area contributed by atoms with Gasteiger partial charge in [0.2, 0.25) is 0 Å². The number of allylic oxidation sites excluding steroid dienone is 1. The van der Waals surface area contributed by atoms with Gasteiger partial charge in [0.25, 0.3) is 0 Å². The van der Waals surface area contributed by atoms with Crippen LogP contribution in [0.1, 0.15) is 81.8 Å². The number of rotatable bonds is 9. The largest absolute Gasteiger partial charge is 0.457 e. The maximum atomic E-state index is 10.4. The lowest BCUT2D eigenvalue weighted by Crippen LogP contribution is -2.10. The molecule has 1 aromatic heterocycles. The van der Waals surface area contributed by atoms with Gasteiger partial charge in [0, 0.05) is 16.8 Å². The third-order valence-corrected chi connectivity index (χ3v) is 5.49. The number of hydrogen-bond donors (Lipinski definition) is 1. The molecule has 0 amide bonds. The van der Waals surface area contributed by atoms with Crippen LogP contribution in [-0.2, 0) is 6.61 Å². The van der Waals surface area contributed by atoms with Gasteiger partial charge in [-0.25, -0.2) is 0 Å². The molecular weight excluding hydrogens is 394 g/mol. The number of unbranched alkanes of at least 4 members (excludes halogenated alkanes) is 1. The highest BCUT2D eigenvalue weighted by Crippen LogP contribution is 2.39. The molecule has 3 aromatic rings. The predicted octanol–water partition coefficient (Wildman–Crippen LogP) is 8.09. The first-order valence-corrected chi connectivity index (χ1v) is 11.6. The highest BCUT2D eigenvalue weighted by atomic mass is 16.5. The molecule has 32 heavy (non-hydrogen) atoms. The summed E-state index contributed by atoms with van der Waals surface area (Å²) in [6.45, 7) is 10.8. The summed E-state index contributed by atoms with van der Waals surface area (Å²) in [6.07, 6.45) is 6.50. The Morgan fingerprint density at radius 3 is 2.22 bits per heavy atom. The summed E-state index contributed by atoms with van der Waals surface area (Å²) in [6, 6.07) is 17.9.